The van der Waals surface area contributed by atoms with Crippen LogP contribution in [0.3, 0.4) is 0 Å². The topological polar surface area (TPSA) is 41.1 Å². The molecule has 1 aromatic carbocycles. The zero-order valence-electron chi connectivity index (χ0n) is 11.5. The normalized spacial score (nSPS) is 28.6. The van der Waals surface area contributed by atoms with Crippen molar-refractivity contribution in [3.8, 4) is 0 Å². The third kappa shape index (κ3) is 2.16. The molecule has 1 amide bonds. The zero-order chi connectivity index (χ0) is 13.3. The molecule has 2 N–H and O–H groups in total. The Morgan fingerprint density at radius 2 is 2.32 bits per heavy atom. The molecule has 1 aliphatic heterocycles. The third-order valence-corrected chi connectivity index (χ3v) is 4.75. The predicted octanol–water partition coefficient (Wildman–Crippen LogP) is 1.97. The molecule has 2 atom stereocenters. The van der Waals surface area contributed by atoms with Crippen LogP contribution in [0.2, 0.25) is 0 Å². The number of amides is 1. The van der Waals surface area contributed by atoms with E-state index in [0.717, 1.165) is 38.8 Å². The maximum absolute atomic E-state index is 12.4. The zero-order valence-corrected chi connectivity index (χ0v) is 11.5. The highest BCUT2D eigenvalue weighted by atomic mass is 16.2. The van der Waals surface area contributed by atoms with Gasteiger partial charge in [0.1, 0.15) is 0 Å². The monoisotopic (exact) mass is 258 g/mol. The Morgan fingerprint density at radius 3 is 3.00 bits per heavy atom. The SMILES string of the molecule is CCC1(C(=O)NCC2Cc3ccccc32)CCCN1. The van der Waals surface area contributed by atoms with Crippen molar-refractivity contribution in [1.29, 1.82) is 0 Å². The largest absolute Gasteiger partial charge is 0.354 e. The molecule has 2 unspecified atom stereocenters. The summed E-state index contributed by atoms with van der Waals surface area (Å²) < 4.78 is 0. The lowest BCUT2D eigenvalue weighted by molar-refractivity contribution is -0.127. The van der Waals surface area contributed by atoms with Gasteiger partial charge in [-0.1, -0.05) is 31.2 Å². The van der Waals surface area contributed by atoms with Gasteiger partial charge in [0.25, 0.3) is 0 Å². The maximum Gasteiger partial charge on any atom is 0.240 e. The first-order chi connectivity index (χ1) is 9.25. The van der Waals surface area contributed by atoms with Crippen molar-refractivity contribution in [3.63, 3.8) is 0 Å². The summed E-state index contributed by atoms with van der Waals surface area (Å²) in [6.07, 6.45) is 4.05. The molecule has 0 spiro atoms. The van der Waals surface area contributed by atoms with Gasteiger partial charge in [-0.15, -0.1) is 0 Å². The Labute approximate surface area is 114 Å². The molecule has 3 nitrogen and oxygen atoms in total. The first-order valence-corrected chi connectivity index (χ1v) is 7.36. The van der Waals surface area contributed by atoms with Gasteiger partial charge in [0.2, 0.25) is 5.91 Å². The van der Waals surface area contributed by atoms with Gasteiger partial charge in [-0.3, -0.25) is 4.79 Å². The number of hydrogen-bond donors (Lipinski definition) is 2. The summed E-state index contributed by atoms with van der Waals surface area (Å²) >= 11 is 0. The minimum Gasteiger partial charge on any atom is -0.354 e. The van der Waals surface area contributed by atoms with Gasteiger partial charge in [-0.25, -0.2) is 0 Å². The van der Waals surface area contributed by atoms with Crippen molar-refractivity contribution in [2.75, 3.05) is 13.1 Å². The van der Waals surface area contributed by atoms with Gasteiger partial charge in [0, 0.05) is 12.5 Å². The fourth-order valence-corrected chi connectivity index (χ4v) is 3.39. The number of hydrogen-bond acceptors (Lipinski definition) is 2. The van der Waals surface area contributed by atoms with Gasteiger partial charge in [0.05, 0.1) is 5.54 Å². The Morgan fingerprint density at radius 1 is 1.47 bits per heavy atom. The molecule has 1 aliphatic carbocycles. The molecular weight excluding hydrogens is 236 g/mol. The van der Waals surface area contributed by atoms with Crippen molar-refractivity contribution in [2.24, 2.45) is 0 Å². The molecule has 1 heterocycles. The Hall–Kier alpha value is -1.35. The molecule has 1 aromatic rings. The molecule has 3 rings (SSSR count). The number of nitrogens with one attached hydrogen (secondary N) is 2. The second-order valence-electron chi connectivity index (χ2n) is 5.78. The summed E-state index contributed by atoms with van der Waals surface area (Å²) in [7, 11) is 0. The summed E-state index contributed by atoms with van der Waals surface area (Å²) in [5, 5.41) is 6.54. The van der Waals surface area contributed by atoms with Crippen LogP contribution in [0, 0.1) is 0 Å². The Balaban J connectivity index is 1.58. The van der Waals surface area contributed by atoms with E-state index in [9.17, 15) is 4.79 Å². The molecule has 0 aromatic heterocycles. The summed E-state index contributed by atoms with van der Waals surface area (Å²) in [5.74, 6) is 0.701. The highest BCUT2D eigenvalue weighted by molar-refractivity contribution is 5.86. The molecule has 19 heavy (non-hydrogen) atoms. The summed E-state index contributed by atoms with van der Waals surface area (Å²) in [6, 6.07) is 8.53. The van der Waals surface area contributed by atoms with Crippen LogP contribution in [0.5, 0.6) is 0 Å². The molecule has 0 bridgehead atoms. The van der Waals surface area contributed by atoms with E-state index in [1.165, 1.54) is 11.1 Å². The average molecular weight is 258 g/mol. The van der Waals surface area contributed by atoms with Crippen LogP contribution in [0.25, 0.3) is 0 Å². The van der Waals surface area contributed by atoms with E-state index in [1.807, 2.05) is 0 Å². The predicted molar refractivity (Wildman–Crippen MR) is 76.2 cm³/mol. The molecule has 0 radical (unpaired) electrons. The number of benzene rings is 1. The van der Waals surface area contributed by atoms with Crippen molar-refractivity contribution >= 4 is 5.91 Å². The van der Waals surface area contributed by atoms with E-state index < -0.39 is 0 Å². The molecule has 3 heteroatoms. The fraction of sp³-hybridized carbons (Fsp3) is 0.562. The quantitative estimate of drug-likeness (QED) is 0.867. The molecule has 0 saturated carbocycles. The van der Waals surface area contributed by atoms with Crippen molar-refractivity contribution < 1.29 is 4.79 Å². The van der Waals surface area contributed by atoms with Crippen LogP contribution < -0.4 is 10.6 Å². The van der Waals surface area contributed by atoms with Crippen molar-refractivity contribution in [1.82, 2.24) is 10.6 Å². The van der Waals surface area contributed by atoms with Crippen LogP contribution in [0.4, 0.5) is 0 Å². The second kappa shape index (κ2) is 4.97. The highest BCUT2D eigenvalue weighted by Crippen LogP contribution is 2.34. The summed E-state index contributed by atoms with van der Waals surface area (Å²) in [4.78, 5) is 12.4. The standard InChI is InChI=1S/C16H22N2O/c1-2-16(8-5-9-18-16)15(19)17-11-13-10-12-6-3-4-7-14(12)13/h3-4,6-7,13,18H,2,5,8-11H2,1H3,(H,17,19). The lowest BCUT2D eigenvalue weighted by Gasteiger charge is -2.32. The minimum absolute atomic E-state index is 0.192. The number of fused-ring (bicyclic) bond motifs is 1. The maximum atomic E-state index is 12.4. The van der Waals surface area contributed by atoms with Crippen LogP contribution in [0.1, 0.15) is 43.2 Å². The van der Waals surface area contributed by atoms with Crippen LogP contribution in [0.15, 0.2) is 24.3 Å². The lowest BCUT2D eigenvalue weighted by atomic mass is 9.77. The number of rotatable bonds is 4. The Bertz CT molecular complexity index is 477. The second-order valence-corrected chi connectivity index (χ2v) is 5.78. The van der Waals surface area contributed by atoms with Gasteiger partial charge in [-0.2, -0.15) is 0 Å². The van der Waals surface area contributed by atoms with E-state index in [-0.39, 0.29) is 11.4 Å². The first-order valence-electron chi connectivity index (χ1n) is 7.36. The van der Waals surface area contributed by atoms with E-state index in [1.54, 1.807) is 0 Å². The molecular formula is C16H22N2O. The van der Waals surface area contributed by atoms with Crippen molar-refractivity contribution in [3.05, 3.63) is 35.4 Å². The summed E-state index contributed by atoms with van der Waals surface area (Å²) in [6.45, 7) is 3.84. The molecule has 2 aliphatic rings. The van der Waals surface area contributed by atoms with Gasteiger partial charge < -0.3 is 10.6 Å². The Kier molecular flexibility index (Phi) is 3.31. The number of carbonyl (C=O) groups excluding carboxylic acids is 1. The molecule has 1 fully saturated rings. The van der Waals surface area contributed by atoms with Gasteiger partial charge in [0.15, 0.2) is 0 Å². The minimum atomic E-state index is -0.302. The first kappa shape index (κ1) is 12.7. The molecule has 102 valence electrons. The molecule has 1 saturated heterocycles. The van der Waals surface area contributed by atoms with E-state index >= 15 is 0 Å². The van der Waals surface area contributed by atoms with E-state index in [4.69, 9.17) is 0 Å². The lowest BCUT2D eigenvalue weighted by Crippen LogP contribution is -2.54. The van der Waals surface area contributed by atoms with Crippen LogP contribution >= 0.6 is 0 Å². The average Bonchev–Trinajstić information content (AvgIpc) is 2.89. The summed E-state index contributed by atoms with van der Waals surface area (Å²) in [5.41, 5.74) is 2.54. The fourth-order valence-electron chi connectivity index (χ4n) is 3.39. The van der Waals surface area contributed by atoms with Crippen molar-refractivity contribution in [2.45, 2.75) is 44.1 Å². The van der Waals surface area contributed by atoms with Crippen LogP contribution in [-0.2, 0) is 11.2 Å². The van der Waals surface area contributed by atoms with Crippen LogP contribution in [-0.4, -0.2) is 24.5 Å². The van der Waals surface area contributed by atoms with E-state index in [2.05, 4.69) is 41.8 Å². The number of carbonyl (C=O) groups is 1. The van der Waals surface area contributed by atoms with Gasteiger partial charge >= 0.3 is 0 Å². The van der Waals surface area contributed by atoms with E-state index in [0.29, 0.717) is 5.92 Å². The smallest absolute Gasteiger partial charge is 0.240 e. The third-order valence-electron chi connectivity index (χ3n) is 4.75. The van der Waals surface area contributed by atoms with Gasteiger partial charge in [-0.05, 0) is 43.4 Å². The highest BCUT2D eigenvalue weighted by Gasteiger charge is 2.39.